The van der Waals surface area contributed by atoms with Crippen LogP contribution in [0.2, 0.25) is 0 Å². The van der Waals surface area contributed by atoms with Crippen LogP contribution in [-0.2, 0) is 28.0 Å². The lowest BCUT2D eigenvalue weighted by atomic mass is 9.95. The number of aryl methyl sites for hydroxylation is 1. The average Bonchev–Trinajstić information content (AvgIpc) is 3.51. The van der Waals surface area contributed by atoms with Crippen LogP contribution in [0.5, 0.6) is 0 Å². The van der Waals surface area contributed by atoms with Crippen LogP contribution in [0.15, 0.2) is 30.3 Å². The summed E-state index contributed by atoms with van der Waals surface area (Å²) >= 11 is 0. The second-order valence-corrected chi connectivity index (χ2v) is 8.00. The molecule has 8 heteroatoms. The minimum atomic E-state index is -0.295. The number of rotatable bonds is 8. The maximum atomic E-state index is 13.0. The Kier molecular flexibility index (Phi) is 6.20. The maximum Gasteiger partial charge on any atom is 0.222 e. The third-order valence-corrected chi connectivity index (χ3v) is 6.24. The Hall–Kier alpha value is -2.32. The van der Waals surface area contributed by atoms with Gasteiger partial charge in [0.2, 0.25) is 5.91 Å². The highest BCUT2D eigenvalue weighted by Crippen LogP contribution is 2.39. The summed E-state index contributed by atoms with van der Waals surface area (Å²) in [5.74, 6) is 1.08. The molecule has 0 N–H and O–H groups in total. The van der Waals surface area contributed by atoms with Gasteiger partial charge in [0.1, 0.15) is 5.54 Å². The van der Waals surface area contributed by atoms with Crippen molar-refractivity contribution in [2.75, 3.05) is 39.9 Å². The number of likely N-dealkylation sites (tertiary alicyclic amines) is 2. The number of nitrogens with zero attached hydrogens (tertiary/aromatic N) is 6. The van der Waals surface area contributed by atoms with Crippen molar-refractivity contribution >= 4 is 5.91 Å². The van der Waals surface area contributed by atoms with E-state index in [4.69, 9.17) is 4.74 Å². The number of aromatic nitrogens is 4. The lowest BCUT2D eigenvalue weighted by molar-refractivity contribution is -0.130. The van der Waals surface area contributed by atoms with Gasteiger partial charge in [-0.1, -0.05) is 30.3 Å². The van der Waals surface area contributed by atoms with Crippen LogP contribution < -0.4 is 0 Å². The SMILES string of the molecule is COCCn1nnnc1C1(N2CCCC2)CCN(C(=O)CCc2ccccc2)C1. The summed E-state index contributed by atoms with van der Waals surface area (Å²) in [4.78, 5) is 17.5. The fraction of sp³-hybridized carbons (Fsp3) is 0.619. The zero-order chi connectivity index (χ0) is 20.1. The number of hydrogen-bond acceptors (Lipinski definition) is 6. The second kappa shape index (κ2) is 9.00. The highest BCUT2D eigenvalue weighted by atomic mass is 16.5. The highest BCUT2D eigenvalue weighted by molar-refractivity contribution is 5.77. The fourth-order valence-electron chi connectivity index (χ4n) is 4.65. The number of methoxy groups -OCH3 is 1. The average molecular weight is 399 g/mol. The Morgan fingerprint density at radius 2 is 1.97 bits per heavy atom. The van der Waals surface area contributed by atoms with Crippen LogP contribution in [0.25, 0.3) is 0 Å². The summed E-state index contributed by atoms with van der Waals surface area (Å²) in [6.07, 6.45) is 4.55. The number of tetrazole rings is 1. The zero-order valence-electron chi connectivity index (χ0n) is 17.2. The molecule has 0 spiro atoms. The van der Waals surface area contributed by atoms with Gasteiger partial charge >= 0.3 is 0 Å². The molecule has 2 aromatic rings. The lowest BCUT2D eigenvalue weighted by Crippen LogP contribution is -2.49. The maximum absolute atomic E-state index is 13.0. The summed E-state index contributed by atoms with van der Waals surface area (Å²) in [5.41, 5.74) is 0.908. The molecule has 1 unspecified atom stereocenters. The molecule has 1 atom stereocenters. The molecule has 2 aliphatic rings. The third kappa shape index (κ3) is 4.18. The van der Waals surface area contributed by atoms with E-state index in [2.05, 4.69) is 32.6 Å². The van der Waals surface area contributed by atoms with Gasteiger partial charge < -0.3 is 9.64 Å². The van der Waals surface area contributed by atoms with E-state index in [0.29, 0.717) is 26.1 Å². The largest absolute Gasteiger partial charge is 0.383 e. The van der Waals surface area contributed by atoms with E-state index in [0.717, 1.165) is 38.3 Å². The molecule has 3 heterocycles. The number of benzene rings is 1. The molecular weight excluding hydrogens is 368 g/mol. The predicted molar refractivity (Wildman–Crippen MR) is 108 cm³/mol. The minimum Gasteiger partial charge on any atom is -0.383 e. The quantitative estimate of drug-likeness (QED) is 0.670. The molecule has 2 fully saturated rings. The van der Waals surface area contributed by atoms with Crippen LogP contribution in [0, 0.1) is 0 Å². The first kappa shape index (κ1) is 20.0. The van der Waals surface area contributed by atoms with Gasteiger partial charge in [0, 0.05) is 26.6 Å². The number of amides is 1. The first-order valence-corrected chi connectivity index (χ1v) is 10.6. The second-order valence-electron chi connectivity index (χ2n) is 8.00. The van der Waals surface area contributed by atoms with E-state index in [1.54, 1.807) is 7.11 Å². The molecule has 1 aromatic carbocycles. The van der Waals surface area contributed by atoms with Gasteiger partial charge in [0.25, 0.3) is 0 Å². The molecule has 1 aromatic heterocycles. The minimum absolute atomic E-state index is 0.214. The molecule has 1 amide bonds. The summed E-state index contributed by atoms with van der Waals surface area (Å²) in [7, 11) is 1.68. The van der Waals surface area contributed by atoms with Gasteiger partial charge in [0.05, 0.1) is 13.2 Å². The summed E-state index contributed by atoms with van der Waals surface area (Å²) in [6.45, 7) is 4.66. The Balaban J connectivity index is 1.50. The van der Waals surface area contributed by atoms with E-state index in [9.17, 15) is 4.79 Å². The molecule has 4 rings (SSSR count). The number of carbonyl (C=O) groups is 1. The first-order chi connectivity index (χ1) is 14.2. The Morgan fingerprint density at radius 3 is 2.72 bits per heavy atom. The van der Waals surface area contributed by atoms with Crippen molar-refractivity contribution in [3.8, 4) is 0 Å². The topological polar surface area (TPSA) is 76.4 Å². The number of hydrogen-bond donors (Lipinski definition) is 0. The van der Waals surface area contributed by atoms with Crippen molar-refractivity contribution in [2.24, 2.45) is 0 Å². The normalized spacial score (nSPS) is 22.4. The highest BCUT2D eigenvalue weighted by Gasteiger charge is 2.49. The number of ether oxygens (including phenoxy) is 1. The van der Waals surface area contributed by atoms with Crippen molar-refractivity contribution in [1.29, 1.82) is 0 Å². The summed E-state index contributed by atoms with van der Waals surface area (Å²) in [6, 6.07) is 10.2. The molecule has 156 valence electrons. The van der Waals surface area contributed by atoms with Crippen LogP contribution in [0.3, 0.4) is 0 Å². The summed E-state index contributed by atoms with van der Waals surface area (Å²) in [5, 5.41) is 12.6. The van der Waals surface area contributed by atoms with Crippen LogP contribution in [0.1, 0.15) is 37.1 Å². The molecule has 29 heavy (non-hydrogen) atoms. The van der Waals surface area contributed by atoms with Crippen molar-refractivity contribution in [3.63, 3.8) is 0 Å². The molecule has 2 aliphatic heterocycles. The predicted octanol–water partition coefficient (Wildman–Crippen LogP) is 1.48. The van der Waals surface area contributed by atoms with Crippen molar-refractivity contribution in [2.45, 2.75) is 44.2 Å². The Labute approximate surface area is 171 Å². The van der Waals surface area contributed by atoms with Gasteiger partial charge in [-0.2, -0.15) is 0 Å². The van der Waals surface area contributed by atoms with Gasteiger partial charge in [-0.05, 0) is 54.8 Å². The van der Waals surface area contributed by atoms with E-state index in [1.165, 1.54) is 18.4 Å². The van der Waals surface area contributed by atoms with Crippen LogP contribution >= 0.6 is 0 Å². The molecule has 0 saturated carbocycles. The van der Waals surface area contributed by atoms with E-state index in [1.807, 2.05) is 27.8 Å². The monoisotopic (exact) mass is 398 g/mol. The van der Waals surface area contributed by atoms with Crippen LogP contribution in [-0.4, -0.2) is 75.8 Å². The number of carbonyl (C=O) groups excluding carboxylic acids is 1. The van der Waals surface area contributed by atoms with Crippen LogP contribution in [0.4, 0.5) is 0 Å². The van der Waals surface area contributed by atoms with Crippen molar-refractivity contribution in [3.05, 3.63) is 41.7 Å². The first-order valence-electron chi connectivity index (χ1n) is 10.6. The van der Waals surface area contributed by atoms with Gasteiger partial charge in [-0.3, -0.25) is 9.69 Å². The molecule has 0 radical (unpaired) electrons. The van der Waals surface area contributed by atoms with E-state index < -0.39 is 0 Å². The van der Waals surface area contributed by atoms with E-state index >= 15 is 0 Å². The standard InChI is InChI=1S/C21H30N6O2/c1-29-16-15-27-20(22-23-24-27)21(26-12-5-6-13-26)11-14-25(17-21)19(28)10-9-18-7-3-2-4-8-18/h2-4,7-8H,5-6,9-17H2,1H3. The van der Waals surface area contributed by atoms with E-state index in [-0.39, 0.29) is 11.4 Å². The zero-order valence-corrected chi connectivity index (χ0v) is 17.2. The molecule has 0 bridgehead atoms. The third-order valence-electron chi connectivity index (χ3n) is 6.24. The van der Waals surface area contributed by atoms with Crippen molar-refractivity contribution < 1.29 is 9.53 Å². The Morgan fingerprint density at radius 1 is 1.17 bits per heavy atom. The smallest absolute Gasteiger partial charge is 0.222 e. The molecule has 8 nitrogen and oxygen atoms in total. The fourth-order valence-corrected chi connectivity index (χ4v) is 4.65. The summed E-state index contributed by atoms with van der Waals surface area (Å²) < 4.78 is 7.09. The van der Waals surface area contributed by atoms with Gasteiger partial charge in [-0.25, -0.2) is 4.68 Å². The lowest BCUT2D eigenvalue weighted by Gasteiger charge is -2.37. The Bertz CT molecular complexity index is 805. The molecular formula is C21H30N6O2. The van der Waals surface area contributed by atoms with Gasteiger partial charge in [-0.15, -0.1) is 5.10 Å². The molecule has 0 aliphatic carbocycles. The van der Waals surface area contributed by atoms with Gasteiger partial charge in [0.15, 0.2) is 5.82 Å². The van der Waals surface area contributed by atoms with Crippen molar-refractivity contribution in [1.82, 2.24) is 30.0 Å². The molecule has 2 saturated heterocycles.